The number of nitrogens with zero attached hydrogens (tertiary/aromatic N) is 5. The lowest BCUT2D eigenvalue weighted by Crippen LogP contribution is -2.35. The number of aryl methyl sites for hydroxylation is 2. The van der Waals surface area contributed by atoms with Gasteiger partial charge in [0.1, 0.15) is 9.70 Å². The van der Waals surface area contributed by atoms with Crippen LogP contribution in [0.1, 0.15) is 17.8 Å². The van der Waals surface area contributed by atoms with E-state index in [0.717, 1.165) is 11.4 Å². The number of rotatable bonds is 5. The average Bonchev–Trinajstić information content (AvgIpc) is 3.46. The predicted molar refractivity (Wildman–Crippen MR) is 132 cm³/mol. The number of aliphatic hydroxyl groups excluding tert-OH is 1. The number of benzene rings is 1. The Labute approximate surface area is 204 Å². The van der Waals surface area contributed by atoms with Crippen LogP contribution in [0.3, 0.4) is 0 Å². The second-order valence-corrected chi connectivity index (χ2v) is 11.2. The summed E-state index contributed by atoms with van der Waals surface area (Å²) >= 11 is 1.98. The molecule has 4 aromatic rings. The van der Waals surface area contributed by atoms with Gasteiger partial charge in [-0.25, -0.2) is 18.4 Å². The largest absolute Gasteiger partial charge is 0.391 e. The highest BCUT2D eigenvalue weighted by atomic mass is 127. The van der Waals surface area contributed by atoms with Gasteiger partial charge in [0, 0.05) is 36.1 Å². The number of fused-ring (bicyclic) bond motifs is 1. The first kappa shape index (κ1) is 22.3. The van der Waals surface area contributed by atoms with Gasteiger partial charge in [0.25, 0.3) is 0 Å². The lowest BCUT2D eigenvalue weighted by molar-refractivity contribution is 0.183. The van der Waals surface area contributed by atoms with E-state index in [1.807, 2.05) is 65.2 Å². The standard InChI is InChI=1S/C21H22IN7O3S/c1-12-8-18(27-26-12)25-21-24-16(10-19-23-13(2)11-28(19)21)14-4-3-5-15(9-14)33(31,32)29-7-6-17(30)20(29)22/h3-5,8-11,17,20,30H,6-7H2,1-2H3,(H2,24,25,26,27). The van der Waals surface area contributed by atoms with Crippen LogP contribution in [0.25, 0.3) is 16.9 Å². The van der Waals surface area contributed by atoms with E-state index >= 15 is 0 Å². The number of anilines is 2. The van der Waals surface area contributed by atoms with E-state index in [9.17, 15) is 13.5 Å². The van der Waals surface area contributed by atoms with Gasteiger partial charge in [0.15, 0.2) is 5.82 Å². The summed E-state index contributed by atoms with van der Waals surface area (Å²) in [6, 6.07) is 10.4. The van der Waals surface area contributed by atoms with Crippen LogP contribution in [-0.2, 0) is 10.0 Å². The minimum absolute atomic E-state index is 0.161. The number of aromatic nitrogens is 5. The summed E-state index contributed by atoms with van der Waals surface area (Å²) in [6.45, 7) is 4.09. The number of sulfonamides is 1. The van der Waals surface area contributed by atoms with Crippen LogP contribution in [0.2, 0.25) is 0 Å². The molecule has 172 valence electrons. The van der Waals surface area contributed by atoms with Crippen molar-refractivity contribution in [1.29, 1.82) is 0 Å². The summed E-state index contributed by atoms with van der Waals surface area (Å²) in [5, 5.41) is 20.3. The zero-order valence-corrected chi connectivity index (χ0v) is 20.9. The van der Waals surface area contributed by atoms with Crippen LogP contribution in [0, 0.1) is 13.8 Å². The topological polar surface area (TPSA) is 129 Å². The Morgan fingerprint density at radius 3 is 2.73 bits per heavy atom. The lowest BCUT2D eigenvalue weighted by atomic mass is 10.1. The number of alkyl halides is 1. The smallest absolute Gasteiger partial charge is 0.244 e. The SMILES string of the molecule is Cc1cn2c(Nc3cc(C)[nH]n3)nc(-c3cccc(S(=O)(=O)N4CCC(O)C4I)c3)cc2n1. The molecule has 10 nitrogen and oxygen atoms in total. The molecule has 1 saturated heterocycles. The lowest BCUT2D eigenvalue weighted by Gasteiger charge is -2.21. The third-order valence-corrected chi connectivity index (χ3v) is 9.25. The molecule has 3 aromatic heterocycles. The van der Waals surface area contributed by atoms with E-state index in [1.165, 1.54) is 4.31 Å². The molecular weight excluding hydrogens is 557 g/mol. The number of imidazole rings is 1. The van der Waals surface area contributed by atoms with Crippen molar-refractivity contribution < 1.29 is 13.5 Å². The third-order valence-electron chi connectivity index (χ3n) is 5.49. The van der Waals surface area contributed by atoms with E-state index in [0.29, 0.717) is 35.1 Å². The molecule has 0 bridgehead atoms. The van der Waals surface area contributed by atoms with E-state index in [2.05, 4.69) is 20.5 Å². The molecule has 12 heteroatoms. The van der Waals surface area contributed by atoms with Crippen molar-refractivity contribution in [1.82, 2.24) is 28.9 Å². The zero-order chi connectivity index (χ0) is 23.3. The fourth-order valence-corrected chi connectivity index (χ4v) is 6.94. The molecule has 0 amide bonds. The number of halogens is 1. The van der Waals surface area contributed by atoms with Crippen molar-refractivity contribution in [2.45, 2.75) is 35.3 Å². The van der Waals surface area contributed by atoms with Crippen LogP contribution >= 0.6 is 22.6 Å². The van der Waals surface area contributed by atoms with Gasteiger partial charge in [-0.3, -0.25) is 9.50 Å². The molecule has 1 aliphatic heterocycles. The number of aliphatic hydroxyl groups is 1. The second-order valence-electron chi connectivity index (χ2n) is 8.01. The highest BCUT2D eigenvalue weighted by Gasteiger charge is 2.39. The molecule has 1 aromatic carbocycles. The Hall–Kier alpha value is -2.55. The van der Waals surface area contributed by atoms with Gasteiger partial charge in [-0.2, -0.15) is 9.40 Å². The molecule has 0 radical (unpaired) electrons. The highest BCUT2D eigenvalue weighted by molar-refractivity contribution is 14.1. The monoisotopic (exact) mass is 579 g/mol. The predicted octanol–water partition coefficient (Wildman–Crippen LogP) is 3.00. The van der Waals surface area contributed by atoms with Gasteiger partial charge in [-0.1, -0.05) is 34.7 Å². The van der Waals surface area contributed by atoms with E-state index in [-0.39, 0.29) is 11.4 Å². The maximum absolute atomic E-state index is 13.2. The maximum atomic E-state index is 13.2. The van der Waals surface area contributed by atoms with Crippen molar-refractivity contribution in [3.63, 3.8) is 0 Å². The van der Waals surface area contributed by atoms with Gasteiger partial charge < -0.3 is 10.4 Å². The fraction of sp³-hybridized carbons (Fsp3) is 0.286. The molecule has 0 saturated carbocycles. The molecule has 0 spiro atoms. The number of hydrogen-bond acceptors (Lipinski definition) is 7. The second kappa shape index (κ2) is 8.34. The Morgan fingerprint density at radius 2 is 2.03 bits per heavy atom. The first-order valence-corrected chi connectivity index (χ1v) is 13.0. The molecule has 2 atom stereocenters. The van der Waals surface area contributed by atoms with Crippen LogP contribution in [0.4, 0.5) is 11.8 Å². The quantitative estimate of drug-likeness (QED) is 0.188. The number of aromatic amines is 1. The molecule has 2 unspecified atom stereocenters. The first-order valence-electron chi connectivity index (χ1n) is 10.3. The Balaban J connectivity index is 1.57. The van der Waals surface area contributed by atoms with Crippen LogP contribution in [-0.4, -0.2) is 59.1 Å². The zero-order valence-electron chi connectivity index (χ0n) is 17.9. The summed E-state index contributed by atoms with van der Waals surface area (Å²) in [6.07, 6.45) is 1.62. The van der Waals surface area contributed by atoms with E-state index in [1.54, 1.807) is 18.2 Å². The molecule has 4 heterocycles. The van der Waals surface area contributed by atoms with Crippen LogP contribution in [0.15, 0.2) is 47.5 Å². The van der Waals surface area contributed by atoms with Gasteiger partial charge in [-0.15, -0.1) is 0 Å². The van der Waals surface area contributed by atoms with Crippen molar-refractivity contribution in [3.8, 4) is 11.3 Å². The molecule has 3 N–H and O–H groups in total. The normalized spacial score (nSPS) is 19.4. The summed E-state index contributed by atoms with van der Waals surface area (Å²) < 4.78 is 29.2. The van der Waals surface area contributed by atoms with Crippen molar-refractivity contribution >= 4 is 50.0 Å². The van der Waals surface area contributed by atoms with E-state index < -0.39 is 20.2 Å². The Morgan fingerprint density at radius 1 is 1.21 bits per heavy atom. The minimum Gasteiger partial charge on any atom is -0.391 e. The van der Waals surface area contributed by atoms with Gasteiger partial charge >= 0.3 is 0 Å². The molecule has 33 heavy (non-hydrogen) atoms. The molecular formula is C21H22IN7O3S. The summed E-state index contributed by atoms with van der Waals surface area (Å²) in [5.41, 5.74) is 3.63. The highest BCUT2D eigenvalue weighted by Crippen LogP contribution is 2.32. The first-order chi connectivity index (χ1) is 15.7. The average molecular weight is 579 g/mol. The van der Waals surface area contributed by atoms with Crippen molar-refractivity contribution in [2.75, 3.05) is 11.9 Å². The fourth-order valence-electron chi connectivity index (χ4n) is 3.86. The summed E-state index contributed by atoms with van der Waals surface area (Å²) in [4.78, 5) is 9.47. The van der Waals surface area contributed by atoms with Crippen molar-refractivity contribution in [2.24, 2.45) is 0 Å². The maximum Gasteiger partial charge on any atom is 0.244 e. The van der Waals surface area contributed by atoms with Gasteiger partial charge in [0.05, 0.1) is 22.4 Å². The van der Waals surface area contributed by atoms with E-state index in [4.69, 9.17) is 4.98 Å². The van der Waals surface area contributed by atoms with Crippen LogP contribution in [0.5, 0.6) is 0 Å². The molecule has 5 rings (SSSR count). The van der Waals surface area contributed by atoms with Gasteiger partial charge in [-0.05, 0) is 32.4 Å². The molecule has 1 aliphatic rings. The Kier molecular flexibility index (Phi) is 5.63. The summed E-state index contributed by atoms with van der Waals surface area (Å²) in [5.74, 6) is 1.12. The number of H-pyrrole nitrogens is 1. The minimum atomic E-state index is -3.76. The summed E-state index contributed by atoms with van der Waals surface area (Å²) in [7, 11) is -3.76. The number of hydrogen-bond donors (Lipinski definition) is 3. The molecule has 0 aliphatic carbocycles. The third kappa shape index (κ3) is 4.11. The van der Waals surface area contributed by atoms with Gasteiger partial charge in [0.2, 0.25) is 16.0 Å². The number of nitrogens with one attached hydrogen (secondary N) is 2. The van der Waals surface area contributed by atoms with Crippen LogP contribution < -0.4 is 5.32 Å². The molecule has 1 fully saturated rings. The van der Waals surface area contributed by atoms with Crippen molar-refractivity contribution in [3.05, 3.63) is 54.0 Å². The Bertz CT molecular complexity index is 1450.